The highest BCUT2D eigenvalue weighted by Gasteiger charge is 2.32. The zero-order valence-electron chi connectivity index (χ0n) is 10.7. The minimum atomic E-state index is -0.805. The summed E-state index contributed by atoms with van der Waals surface area (Å²) in [6.45, 7) is 2.75. The van der Waals surface area contributed by atoms with Gasteiger partial charge in [0.15, 0.2) is 0 Å². The van der Waals surface area contributed by atoms with Gasteiger partial charge in [0.1, 0.15) is 6.10 Å². The highest BCUT2D eigenvalue weighted by atomic mass is 16.5. The Balaban J connectivity index is 1.86. The van der Waals surface area contributed by atoms with Crippen LogP contribution in [0, 0.1) is 0 Å². The molecular formula is C13H16N2O4. The molecule has 6 nitrogen and oxygen atoms in total. The minimum Gasteiger partial charge on any atom is -0.472 e. The summed E-state index contributed by atoms with van der Waals surface area (Å²) in [4.78, 5) is 28.6. The molecule has 0 saturated carbocycles. The van der Waals surface area contributed by atoms with E-state index in [0.29, 0.717) is 25.4 Å². The Morgan fingerprint density at radius 2 is 2.32 bits per heavy atom. The van der Waals surface area contributed by atoms with Crippen molar-refractivity contribution >= 4 is 11.9 Å². The summed E-state index contributed by atoms with van der Waals surface area (Å²) < 4.78 is 10.3. The van der Waals surface area contributed by atoms with Crippen LogP contribution in [-0.4, -0.2) is 47.6 Å². The molecule has 1 aliphatic heterocycles. The number of pyridine rings is 1. The molecule has 19 heavy (non-hydrogen) atoms. The second kappa shape index (κ2) is 6.17. The number of hydrogen-bond donors (Lipinski definition) is 0. The van der Waals surface area contributed by atoms with Gasteiger partial charge < -0.3 is 14.4 Å². The fourth-order valence-electron chi connectivity index (χ4n) is 1.92. The quantitative estimate of drug-likeness (QED) is 0.591. The monoisotopic (exact) mass is 264 g/mol. The second-order valence-corrected chi connectivity index (χ2v) is 4.17. The van der Waals surface area contributed by atoms with Gasteiger partial charge >= 0.3 is 11.9 Å². The standard InChI is InChI=1S/C13H16N2O4/c1-2-18-13(17)12(16)15-8-6-10(9-15)19-11-5-3-4-7-14-11/h3-5,7,10H,2,6,8-9H2,1H3. The number of rotatable bonds is 3. The SMILES string of the molecule is CCOC(=O)C(=O)N1CCC(Oc2ccccn2)C1. The summed E-state index contributed by atoms with van der Waals surface area (Å²) in [5.74, 6) is -0.882. The van der Waals surface area contributed by atoms with Crippen molar-refractivity contribution < 1.29 is 19.1 Å². The van der Waals surface area contributed by atoms with E-state index in [1.807, 2.05) is 6.07 Å². The van der Waals surface area contributed by atoms with Gasteiger partial charge in [0, 0.05) is 25.2 Å². The molecule has 2 rings (SSSR count). The summed E-state index contributed by atoms with van der Waals surface area (Å²) in [6.07, 6.45) is 2.20. The van der Waals surface area contributed by atoms with Crippen molar-refractivity contribution in [3.8, 4) is 5.88 Å². The van der Waals surface area contributed by atoms with Crippen LogP contribution in [0.1, 0.15) is 13.3 Å². The molecule has 1 aromatic rings. The van der Waals surface area contributed by atoms with Crippen LogP contribution in [0.5, 0.6) is 5.88 Å². The van der Waals surface area contributed by atoms with E-state index in [0.717, 1.165) is 0 Å². The lowest BCUT2D eigenvalue weighted by Crippen LogP contribution is -2.37. The average molecular weight is 264 g/mol. The number of carbonyl (C=O) groups is 2. The van der Waals surface area contributed by atoms with Gasteiger partial charge in [-0.15, -0.1) is 0 Å². The molecule has 0 spiro atoms. The maximum Gasteiger partial charge on any atom is 0.397 e. The highest BCUT2D eigenvalue weighted by molar-refractivity contribution is 6.32. The van der Waals surface area contributed by atoms with Crippen LogP contribution < -0.4 is 4.74 Å². The van der Waals surface area contributed by atoms with Gasteiger partial charge in [-0.05, 0) is 13.0 Å². The number of carbonyl (C=O) groups excluding carboxylic acids is 2. The molecule has 1 unspecified atom stereocenters. The molecule has 1 aliphatic rings. The van der Waals surface area contributed by atoms with Gasteiger partial charge in [-0.2, -0.15) is 0 Å². The molecule has 102 valence electrons. The number of likely N-dealkylation sites (tertiary alicyclic amines) is 1. The first-order valence-electron chi connectivity index (χ1n) is 6.24. The number of aromatic nitrogens is 1. The van der Waals surface area contributed by atoms with E-state index in [-0.39, 0.29) is 12.7 Å². The Morgan fingerprint density at radius 1 is 1.47 bits per heavy atom. The number of nitrogens with zero attached hydrogens (tertiary/aromatic N) is 2. The van der Waals surface area contributed by atoms with E-state index in [1.54, 1.807) is 25.3 Å². The molecule has 1 atom stereocenters. The number of amides is 1. The number of ether oxygens (including phenoxy) is 2. The molecule has 0 bridgehead atoms. The maximum absolute atomic E-state index is 11.7. The van der Waals surface area contributed by atoms with E-state index < -0.39 is 11.9 Å². The van der Waals surface area contributed by atoms with Crippen LogP contribution in [0.3, 0.4) is 0 Å². The first kappa shape index (κ1) is 13.3. The molecule has 0 aromatic carbocycles. The molecule has 0 N–H and O–H groups in total. The summed E-state index contributed by atoms with van der Waals surface area (Å²) >= 11 is 0. The largest absolute Gasteiger partial charge is 0.472 e. The first-order valence-corrected chi connectivity index (χ1v) is 6.24. The van der Waals surface area contributed by atoms with Crippen LogP contribution in [0.25, 0.3) is 0 Å². The summed E-state index contributed by atoms with van der Waals surface area (Å²) in [5.41, 5.74) is 0. The Bertz CT molecular complexity index is 449. The zero-order valence-corrected chi connectivity index (χ0v) is 10.7. The zero-order chi connectivity index (χ0) is 13.7. The van der Waals surface area contributed by atoms with Crippen molar-refractivity contribution in [1.82, 2.24) is 9.88 Å². The first-order chi connectivity index (χ1) is 9.20. The van der Waals surface area contributed by atoms with Gasteiger partial charge in [-0.1, -0.05) is 6.07 Å². The third-order valence-corrected chi connectivity index (χ3v) is 2.81. The van der Waals surface area contributed by atoms with Crippen LogP contribution in [0.2, 0.25) is 0 Å². The predicted molar refractivity (Wildman–Crippen MR) is 66.5 cm³/mol. The average Bonchev–Trinajstić information content (AvgIpc) is 2.88. The van der Waals surface area contributed by atoms with Crippen LogP contribution in [-0.2, 0) is 14.3 Å². The number of esters is 1. The van der Waals surface area contributed by atoms with Crippen molar-refractivity contribution in [2.24, 2.45) is 0 Å². The van der Waals surface area contributed by atoms with Gasteiger partial charge in [-0.3, -0.25) is 4.79 Å². The molecule has 1 fully saturated rings. The Morgan fingerprint density at radius 3 is 3.00 bits per heavy atom. The van der Waals surface area contributed by atoms with E-state index in [9.17, 15) is 9.59 Å². The fraction of sp³-hybridized carbons (Fsp3) is 0.462. The summed E-state index contributed by atoms with van der Waals surface area (Å²) in [7, 11) is 0. The Kier molecular flexibility index (Phi) is 4.33. The topological polar surface area (TPSA) is 68.7 Å². The molecule has 2 heterocycles. The van der Waals surface area contributed by atoms with Crippen LogP contribution in [0.15, 0.2) is 24.4 Å². The maximum atomic E-state index is 11.7. The molecule has 1 aromatic heterocycles. The summed E-state index contributed by atoms with van der Waals surface area (Å²) in [5, 5.41) is 0. The Hall–Kier alpha value is -2.11. The lowest BCUT2D eigenvalue weighted by Gasteiger charge is -2.15. The third kappa shape index (κ3) is 3.43. The molecule has 0 aliphatic carbocycles. The molecule has 1 amide bonds. The third-order valence-electron chi connectivity index (χ3n) is 2.81. The smallest absolute Gasteiger partial charge is 0.397 e. The molecular weight excluding hydrogens is 248 g/mol. The van der Waals surface area contributed by atoms with Gasteiger partial charge in [-0.25, -0.2) is 9.78 Å². The fourth-order valence-corrected chi connectivity index (χ4v) is 1.92. The minimum absolute atomic E-state index is 0.131. The van der Waals surface area contributed by atoms with E-state index in [4.69, 9.17) is 4.74 Å². The summed E-state index contributed by atoms with van der Waals surface area (Å²) in [6, 6.07) is 5.40. The van der Waals surface area contributed by atoms with Crippen molar-refractivity contribution in [1.29, 1.82) is 0 Å². The van der Waals surface area contributed by atoms with Crippen molar-refractivity contribution in [2.45, 2.75) is 19.4 Å². The lowest BCUT2D eigenvalue weighted by atomic mass is 10.3. The van der Waals surface area contributed by atoms with Gasteiger partial charge in [0.25, 0.3) is 0 Å². The molecule has 0 radical (unpaired) electrons. The second-order valence-electron chi connectivity index (χ2n) is 4.17. The molecule has 1 saturated heterocycles. The van der Waals surface area contributed by atoms with Gasteiger partial charge in [0.05, 0.1) is 13.2 Å². The highest BCUT2D eigenvalue weighted by Crippen LogP contribution is 2.16. The van der Waals surface area contributed by atoms with Crippen LogP contribution in [0.4, 0.5) is 0 Å². The van der Waals surface area contributed by atoms with Crippen molar-refractivity contribution in [2.75, 3.05) is 19.7 Å². The number of hydrogen-bond acceptors (Lipinski definition) is 5. The lowest BCUT2D eigenvalue weighted by molar-refractivity contribution is -0.159. The Labute approximate surface area is 111 Å². The van der Waals surface area contributed by atoms with Crippen LogP contribution >= 0.6 is 0 Å². The molecule has 6 heteroatoms. The predicted octanol–water partition coefficient (Wildman–Crippen LogP) is 0.624. The van der Waals surface area contributed by atoms with E-state index >= 15 is 0 Å². The van der Waals surface area contributed by atoms with Gasteiger partial charge in [0.2, 0.25) is 5.88 Å². The van der Waals surface area contributed by atoms with Crippen molar-refractivity contribution in [3.63, 3.8) is 0 Å². The van der Waals surface area contributed by atoms with E-state index in [2.05, 4.69) is 9.72 Å². The normalized spacial score (nSPS) is 18.2. The van der Waals surface area contributed by atoms with E-state index in [1.165, 1.54) is 4.90 Å². The van der Waals surface area contributed by atoms with Crippen molar-refractivity contribution in [3.05, 3.63) is 24.4 Å².